The van der Waals surface area contributed by atoms with Crippen molar-refractivity contribution in [1.29, 1.82) is 5.26 Å². The number of hydrazone groups is 1. The molecule has 0 heterocycles. The van der Waals surface area contributed by atoms with E-state index in [0.29, 0.717) is 22.0 Å². The van der Waals surface area contributed by atoms with Gasteiger partial charge in [-0.3, -0.25) is 9.59 Å². The van der Waals surface area contributed by atoms with Crippen LogP contribution in [0.15, 0.2) is 90.0 Å². The fourth-order valence-electron chi connectivity index (χ4n) is 3.70. The lowest BCUT2D eigenvalue weighted by atomic mass is 10.0. The Balaban J connectivity index is 1.49. The Morgan fingerprint density at radius 2 is 1.72 bits per heavy atom. The molecule has 0 saturated heterocycles. The normalized spacial score (nSPS) is 11.5. The molecule has 0 unspecified atom stereocenters. The second-order valence-electron chi connectivity index (χ2n) is 8.24. The summed E-state index contributed by atoms with van der Waals surface area (Å²) in [6.07, 6.45) is -0.614. The maximum Gasteiger partial charge on any atom is 0.416 e. The number of benzene rings is 4. The number of nitrogens with zero attached hydrogens (tertiary/aromatic N) is 2. The third-order valence-corrected chi connectivity index (χ3v) is 5.61. The number of nitrogens with one attached hydrogen (secondary N) is 2. The number of phenols is 1. The summed E-state index contributed by atoms with van der Waals surface area (Å²) >= 11 is 0. The SMILES string of the molecule is N#Cc1cc(C(=O)N/N=C/c2ccc(NC(=O)/C=C/c3cccc(C(F)(F)F)c3)c3ccccc23)ccc1O. The first-order chi connectivity index (χ1) is 18.7. The summed E-state index contributed by atoms with van der Waals surface area (Å²) in [5.41, 5.74) is 2.99. The molecule has 3 N–H and O–H groups in total. The van der Waals surface area contributed by atoms with Crippen molar-refractivity contribution in [3.8, 4) is 11.8 Å². The van der Waals surface area contributed by atoms with E-state index in [9.17, 15) is 27.9 Å². The maximum atomic E-state index is 12.9. The molecule has 10 heteroatoms. The quantitative estimate of drug-likeness (QED) is 0.165. The first-order valence-electron chi connectivity index (χ1n) is 11.4. The van der Waals surface area contributed by atoms with Gasteiger partial charge in [-0.25, -0.2) is 5.43 Å². The molecule has 0 fully saturated rings. The third kappa shape index (κ3) is 6.47. The van der Waals surface area contributed by atoms with Crippen LogP contribution in [0.3, 0.4) is 0 Å². The summed E-state index contributed by atoms with van der Waals surface area (Å²) in [5.74, 6) is -1.34. The number of anilines is 1. The van der Waals surface area contributed by atoms with Crippen molar-refractivity contribution in [3.05, 3.63) is 113 Å². The molecule has 2 amide bonds. The van der Waals surface area contributed by atoms with Gasteiger partial charge in [0.05, 0.1) is 17.3 Å². The van der Waals surface area contributed by atoms with E-state index in [-0.39, 0.29) is 22.4 Å². The Kier molecular flexibility index (Phi) is 7.72. The highest BCUT2D eigenvalue weighted by Crippen LogP contribution is 2.30. The molecule has 7 nitrogen and oxygen atoms in total. The number of carbonyl (C=O) groups is 2. The molecular weight excluding hydrogens is 509 g/mol. The standard InChI is InChI=1S/C29H19F3N4O3/c30-29(31,32)22-5-3-4-18(14-22)8-13-27(38)35-25-11-9-20(23-6-1-2-7-24(23)25)17-34-36-28(39)19-10-12-26(37)21(15-19)16-33/h1-15,17,37H,(H,35,38)(H,36,39)/b13-8+,34-17+. The van der Waals surface area contributed by atoms with Crippen LogP contribution in [0.2, 0.25) is 0 Å². The first kappa shape index (κ1) is 26.6. The Bertz CT molecular complexity index is 1670. The predicted octanol–water partition coefficient (Wildman–Crippen LogP) is 5.85. The summed E-state index contributed by atoms with van der Waals surface area (Å²) in [5, 5.41) is 26.7. The van der Waals surface area contributed by atoms with E-state index in [1.807, 2.05) is 0 Å². The average Bonchev–Trinajstić information content (AvgIpc) is 2.93. The monoisotopic (exact) mass is 528 g/mol. The summed E-state index contributed by atoms with van der Waals surface area (Å²) in [7, 11) is 0. The average molecular weight is 528 g/mol. The lowest BCUT2D eigenvalue weighted by Gasteiger charge is -2.10. The zero-order valence-corrected chi connectivity index (χ0v) is 20.0. The highest BCUT2D eigenvalue weighted by molar-refractivity contribution is 6.11. The molecule has 194 valence electrons. The highest BCUT2D eigenvalue weighted by atomic mass is 19.4. The van der Waals surface area contributed by atoms with Gasteiger partial charge in [-0.05, 0) is 53.4 Å². The summed E-state index contributed by atoms with van der Waals surface area (Å²) in [4.78, 5) is 24.9. The number of rotatable bonds is 6. The van der Waals surface area contributed by atoms with E-state index in [0.717, 1.165) is 18.2 Å². The number of halogens is 3. The third-order valence-electron chi connectivity index (χ3n) is 5.61. The maximum absolute atomic E-state index is 12.9. The topological polar surface area (TPSA) is 115 Å². The molecule has 0 spiro atoms. The van der Waals surface area contributed by atoms with Gasteiger partial charge in [-0.15, -0.1) is 0 Å². The largest absolute Gasteiger partial charge is 0.507 e. The van der Waals surface area contributed by atoms with Gasteiger partial charge in [0, 0.05) is 28.3 Å². The minimum Gasteiger partial charge on any atom is -0.507 e. The van der Waals surface area contributed by atoms with E-state index in [1.54, 1.807) is 42.5 Å². The molecular formula is C29H19F3N4O3. The van der Waals surface area contributed by atoms with Crippen LogP contribution in [0.5, 0.6) is 5.75 Å². The second-order valence-corrected chi connectivity index (χ2v) is 8.24. The van der Waals surface area contributed by atoms with Crippen LogP contribution < -0.4 is 10.7 Å². The Hall–Kier alpha value is -5.43. The summed E-state index contributed by atoms with van der Waals surface area (Å²) in [6, 6.07) is 20.7. The van der Waals surface area contributed by atoms with Crippen LogP contribution in [0.4, 0.5) is 18.9 Å². The van der Waals surface area contributed by atoms with Crippen molar-refractivity contribution in [1.82, 2.24) is 5.43 Å². The molecule has 4 aromatic carbocycles. The number of phenolic OH excluding ortho intramolecular Hbond substituents is 1. The molecule has 0 atom stereocenters. The Morgan fingerprint density at radius 3 is 2.46 bits per heavy atom. The highest BCUT2D eigenvalue weighted by Gasteiger charge is 2.30. The van der Waals surface area contributed by atoms with Gasteiger partial charge in [-0.2, -0.15) is 23.5 Å². The number of aromatic hydroxyl groups is 1. The van der Waals surface area contributed by atoms with Crippen LogP contribution in [0, 0.1) is 11.3 Å². The minimum atomic E-state index is -4.48. The van der Waals surface area contributed by atoms with Crippen molar-refractivity contribution in [2.45, 2.75) is 6.18 Å². The second kappa shape index (κ2) is 11.3. The molecule has 0 aromatic heterocycles. The molecule has 4 aromatic rings. The van der Waals surface area contributed by atoms with Gasteiger partial charge in [0.25, 0.3) is 5.91 Å². The fourth-order valence-corrected chi connectivity index (χ4v) is 3.70. The van der Waals surface area contributed by atoms with E-state index >= 15 is 0 Å². The van der Waals surface area contributed by atoms with Crippen molar-refractivity contribution < 1.29 is 27.9 Å². The van der Waals surface area contributed by atoms with Crippen molar-refractivity contribution in [2.24, 2.45) is 5.10 Å². The van der Waals surface area contributed by atoms with Gasteiger partial charge in [-0.1, -0.05) is 42.5 Å². The van der Waals surface area contributed by atoms with E-state index in [1.165, 1.54) is 42.6 Å². The zero-order valence-electron chi connectivity index (χ0n) is 20.0. The number of amides is 2. The molecule has 4 rings (SSSR count). The summed E-state index contributed by atoms with van der Waals surface area (Å²) < 4.78 is 38.8. The number of nitriles is 1. The number of hydrogen-bond donors (Lipinski definition) is 3. The molecule has 0 aliphatic carbocycles. The Labute approximate surface area is 220 Å². The number of carbonyl (C=O) groups excluding carboxylic acids is 2. The van der Waals surface area contributed by atoms with Gasteiger partial charge in [0.2, 0.25) is 5.91 Å². The molecule has 0 aliphatic heterocycles. The molecule has 0 bridgehead atoms. The van der Waals surface area contributed by atoms with Crippen molar-refractivity contribution in [3.63, 3.8) is 0 Å². The van der Waals surface area contributed by atoms with E-state index in [2.05, 4.69) is 15.8 Å². The molecule has 0 aliphatic rings. The van der Waals surface area contributed by atoms with Gasteiger partial charge in [0.15, 0.2) is 0 Å². The van der Waals surface area contributed by atoms with Crippen LogP contribution in [0.25, 0.3) is 16.8 Å². The van der Waals surface area contributed by atoms with E-state index < -0.39 is 23.6 Å². The number of fused-ring (bicyclic) bond motifs is 1. The molecule has 39 heavy (non-hydrogen) atoms. The lowest BCUT2D eigenvalue weighted by Crippen LogP contribution is -2.17. The zero-order chi connectivity index (χ0) is 28.0. The number of hydrogen-bond acceptors (Lipinski definition) is 5. The van der Waals surface area contributed by atoms with Crippen molar-refractivity contribution in [2.75, 3.05) is 5.32 Å². The Morgan fingerprint density at radius 1 is 0.949 bits per heavy atom. The van der Waals surface area contributed by atoms with Crippen molar-refractivity contribution >= 4 is 40.6 Å². The molecule has 0 saturated carbocycles. The van der Waals surface area contributed by atoms with Gasteiger partial charge >= 0.3 is 6.18 Å². The minimum absolute atomic E-state index is 0.0417. The smallest absolute Gasteiger partial charge is 0.416 e. The van der Waals surface area contributed by atoms with Gasteiger partial charge in [0.1, 0.15) is 11.8 Å². The van der Waals surface area contributed by atoms with Crippen LogP contribution in [-0.2, 0) is 11.0 Å². The predicted molar refractivity (Wildman–Crippen MR) is 141 cm³/mol. The van der Waals surface area contributed by atoms with Crippen LogP contribution in [0.1, 0.15) is 32.6 Å². The van der Waals surface area contributed by atoms with Crippen LogP contribution >= 0.6 is 0 Å². The fraction of sp³-hybridized carbons (Fsp3) is 0.0345. The van der Waals surface area contributed by atoms with E-state index in [4.69, 9.17) is 5.26 Å². The lowest BCUT2D eigenvalue weighted by molar-refractivity contribution is -0.137. The summed E-state index contributed by atoms with van der Waals surface area (Å²) in [6.45, 7) is 0. The van der Waals surface area contributed by atoms with Gasteiger partial charge < -0.3 is 10.4 Å². The number of alkyl halides is 3. The first-order valence-corrected chi connectivity index (χ1v) is 11.4. The van der Waals surface area contributed by atoms with Crippen LogP contribution in [-0.4, -0.2) is 23.1 Å². The molecule has 0 radical (unpaired) electrons.